The van der Waals surface area contributed by atoms with Crippen molar-refractivity contribution >= 4 is 5.96 Å². The summed E-state index contributed by atoms with van der Waals surface area (Å²) in [7, 11) is 3.87. The molecule has 0 radical (unpaired) electrons. The van der Waals surface area contributed by atoms with Gasteiger partial charge in [0.2, 0.25) is 0 Å². The molecule has 1 aromatic rings. The van der Waals surface area contributed by atoms with Crippen LogP contribution >= 0.6 is 0 Å². The maximum absolute atomic E-state index is 12.6. The number of aliphatic imine (C=N–C) groups is 1. The van der Waals surface area contributed by atoms with Gasteiger partial charge in [-0.3, -0.25) is 4.99 Å². The Morgan fingerprint density at radius 2 is 1.74 bits per heavy atom. The quantitative estimate of drug-likeness (QED) is 0.581. The van der Waals surface area contributed by atoms with E-state index in [0.29, 0.717) is 18.9 Å². The van der Waals surface area contributed by atoms with Crippen molar-refractivity contribution in [2.24, 2.45) is 4.99 Å². The standard InChI is InChI=1S/C19H30F3N5/c1-23-18(25-10-13-27-12-3-11-26(2)14-15-27)24-9-8-16-4-6-17(7-5-16)19(20,21)22/h4-7H,3,8-15H2,1-2H3,(H2,23,24,25). The van der Waals surface area contributed by atoms with Crippen LogP contribution in [-0.4, -0.2) is 75.7 Å². The molecule has 0 saturated carbocycles. The smallest absolute Gasteiger partial charge is 0.356 e. The molecule has 152 valence electrons. The molecule has 0 bridgehead atoms. The van der Waals surface area contributed by atoms with E-state index in [4.69, 9.17) is 0 Å². The minimum atomic E-state index is -4.29. The predicted octanol–water partition coefficient (Wildman–Crippen LogP) is 2.05. The summed E-state index contributed by atoms with van der Waals surface area (Å²) in [4.78, 5) is 9.00. The zero-order valence-electron chi connectivity index (χ0n) is 16.1. The van der Waals surface area contributed by atoms with E-state index >= 15 is 0 Å². The van der Waals surface area contributed by atoms with Gasteiger partial charge in [0.15, 0.2) is 5.96 Å². The van der Waals surface area contributed by atoms with Crippen LogP contribution in [0.2, 0.25) is 0 Å². The molecule has 0 unspecified atom stereocenters. The van der Waals surface area contributed by atoms with Crippen molar-refractivity contribution in [1.29, 1.82) is 0 Å². The minimum absolute atomic E-state index is 0.611. The molecule has 1 saturated heterocycles. The van der Waals surface area contributed by atoms with Crippen molar-refractivity contribution < 1.29 is 13.2 Å². The van der Waals surface area contributed by atoms with Crippen LogP contribution in [0, 0.1) is 0 Å². The van der Waals surface area contributed by atoms with Gasteiger partial charge in [-0.2, -0.15) is 13.2 Å². The topological polar surface area (TPSA) is 42.9 Å². The van der Waals surface area contributed by atoms with E-state index in [-0.39, 0.29) is 0 Å². The molecule has 0 amide bonds. The summed E-state index contributed by atoms with van der Waals surface area (Å²) in [6, 6.07) is 5.30. The lowest BCUT2D eigenvalue weighted by Crippen LogP contribution is -2.42. The van der Waals surface area contributed by atoms with E-state index in [1.165, 1.54) is 18.6 Å². The lowest BCUT2D eigenvalue weighted by atomic mass is 10.1. The zero-order chi connectivity index (χ0) is 19.7. The highest BCUT2D eigenvalue weighted by molar-refractivity contribution is 5.79. The molecular formula is C19H30F3N5. The second-order valence-electron chi connectivity index (χ2n) is 6.87. The molecule has 27 heavy (non-hydrogen) atoms. The average molecular weight is 385 g/mol. The van der Waals surface area contributed by atoms with Gasteiger partial charge in [0.1, 0.15) is 0 Å². The molecule has 0 atom stereocenters. The van der Waals surface area contributed by atoms with Crippen molar-refractivity contribution in [3.8, 4) is 0 Å². The van der Waals surface area contributed by atoms with Gasteiger partial charge in [-0.1, -0.05) is 12.1 Å². The summed E-state index contributed by atoms with van der Waals surface area (Å²) in [5, 5.41) is 6.51. The van der Waals surface area contributed by atoms with Crippen molar-refractivity contribution in [2.75, 3.05) is 59.9 Å². The SMILES string of the molecule is CN=C(NCCc1ccc(C(F)(F)F)cc1)NCCN1CCCN(C)CC1. The van der Waals surface area contributed by atoms with Crippen molar-refractivity contribution in [1.82, 2.24) is 20.4 Å². The van der Waals surface area contributed by atoms with Crippen LogP contribution in [0.3, 0.4) is 0 Å². The molecule has 1 aliphatic rings. The maximum Gasteiger partial charge on any atom is 0.416 e. The molecule has 1 heterocycles. The van der Waals surface area contributed by atoms with Gasteiger partial charge >= 0.3 is 6.18 Å². The van der Waals surface area contributed by atoms with Gasteiger partial charge in [-0.15, -0.1) is 0 Å². The number of nitrogens with zero attached hydrogens (tertiary/aromatic N) is 3. The van der Waals surface area contributed by atoms with Gasteiger partial charge < -0.3 is 20.4 Å². The van der Waals surface area contributed by atoms with E-state index in [1.54, 1.807) is 7.05 Å². The number of likely N-dealkylation sites (N-methyl/N-ethyl adjacent to an activating group) is 1. The third kappa shape index (κ3) is 7.76. The van der Waals surface area contributed by atoms with Crippen LogP contribution in [0.5, 0.6) is 0 Å². The van der Waals surface area contributed by atoms with E-state index < -0.39 is 11.7 Å². The summed E-state index contributed by atoms with van der Waals surface area (Å²) in [6.07, 6.45) is -2.46. The molecule has 0 aromatic heterocycles. The monoisotopic (exact) mass is 385 g/mol. The lowest BCUT2D eigenvalue weighted by Gasteiger charge is -2.21. The summed E-state index contributed by atoms with van der Waals surface area (Å²) in [6.45, 7) is 6.83. The number of rotatable bonds is 6. The molecular weight excluding hydrogens is 355 g/mol. The number of benzene rings is 1. The maximum atomic E-state index is 12.6. The highest BCUT2D eigenvalue weighted by Crippen LogP contribution is 2.29. The summed E-state index contributed by atoms with van der Waals surface area (Å²) >= 11 is 0. The average Bonchev–Trinajstić information content (AvgIpc) is 2.84. The number of guanidine groups is 1. The van der Waals surface area contributed by atoms with E-state index in [9.17, 15) is 13.2 Å². The highest BCUT2D eigenvalue weighted by Gasteiger charge is 2.29. The van der Waals surface area contributed by atoms with Gasteiger partial charge in [-0.05, 0) is 50.7 Å². The summed E-state index contributed by atoms with van der Waals surface area (Å²) in [5.41, 5.74) is 0.246. The Labute approximate surface area is 159 Å². The van der Waals surface area contributed by atoms with Crippen molar-refractivity contribution in [3.63, 3.8) is 0 Å². The normalized spacial score (nSPS) is 17.6. The first-order chi connectivity index (χ1) is 12.9. The molecule has 2 rings (SSSR count). The van der Waals surface area contributed by atoms with Gasteiger partial charge in [0.25, 0.3) is 0 Å². The first-order valence-electron chi connectivity index (χ1n) is 9.40. The summed E-state index contributed by atoms with van der Waals surface area (Å²) in [5.74, 6) is 0.717. The third-order valence-electron chi connectivity index (χ3n) is 4.74. The molecule has 1 fully saturated rings. The van der Waals surface area contributed by atoms with Gasteiger partial charge in [0.05, 0.1) is 5.56 Å². The largest absolute Gasteiger partial charge is 0.416 e. The second kappa shape index (κ2) is 10.5. The lowest BCUT2D eigenvalue weighted by molar-refractivity contribution is -0.137. The van der Waals surface area contributed by atoms with E-state index in [0.717, 1.165) is 57.0 Å². The fraction of sp³-hybridized carbons (Fsp3) is 0.632. The fourth-order valence-corrected chi connectivity index (χ4v) is 3.06. The molecule has 0 aliphatic carbocycles. The molecule has 1 aromatic carbocycles. The number of alkyl halides is 3. The van der Waals surface area contributed by atoms with Crippen molar-refractivity contribution in [3.05, 3.63) is 35.4 Å². The van der Waals surface area contributed by atoms with Crippen LogP contribution in [-0.2, 0) is 12.6 Å². The third-order valence-corrected chi connectivity index (χ3v) is 4.74. The predicted molar refractivity (Wildman–Crippen MR) is 103 cm³/mol. The molecule has 2 N–H and O–H groups in total. The van der Waals surface area contributed by atoms with E-state index in [1.807, 2.05) is 0 Å². The van der Waals surface area contributed by atoms with Gasteiger partial charge in [-0.25, -0.2) is 0 Å². The minimum Gasteiger partial charge on any atom is -0.356 e. The Kier molecular flexibility index (Phi) is 8.37. The Hall–Kier alpha value is -1.80. The number of halogens is 3. The molecule has 0 spiro atoms. The Morgan fingerprint density at radius 1 is 1.04 bits per heavy atom. The van der Waals surface area contributed by atoms with Crippen molar-refractivity contribution in [2.45, 2.75) is 19.0 Å². The van der Waals surface area contributed by atoms with Crippen LogP contribution in [0.15, 0.2) is 29.3 Å². The first-order valence-corrected chi connectivity index (χ1v) is 9.40. The van der Waals surface area contributed by atoms with E-state index in [2.05, 4.69) is 32.5 Å². The van der Waals surface area contributed by atoms with Crippen LogP contribution in [0.25, 0.3) is 0 Å². The number of nitrogens with one attached hydrogen (secondary N) is 2. The molecule has 5 nitrogen and oxygen atoms in total. The first kappa shape index (κ1) is 21.5. The molecule has 1 aliphatic heterocycles. The van der Waals surface area contributed by atoms with Crippen LogP contribution in [0.1, 0.15) is 17.5 Å². The Bertz CT molecular complexity index is 586. The second-order valence-corrected chi connectivity index (χ2v) is 6.87. The zero-order valence-corrected chi connectivity index (χ0v) is 16.1. The number of hydrogen-bond acceptors (Lipinski definition) is 3. The Morgan fingerprint density at radius 3 is 2.41 bits per heavy atom. The van der Waals surface area contributed by atoms with Crippen LogP contribution < -0.4 is 10.6 Å². The fourth-order valence-electron chi connectivity index (χ4n) is 3.06. The Balaban J connectivity index is 1.66. The van der Waals surface area contributed by atoms with Crippen LogP contribution in [0.4, 0.5) is 13.2 Å². The van der Waals surface area contributed by atoms with Gasteiger partial charge in [0, 0.05) is 39.8 Å². The molecule has 8 heteroatoms. The highest BCUT2D eigenvalue weighted by atomic mass is 19.4. The number of hydrogen-bond donors (Lipinski definition) is 2. The summed E-state index contributed by atoms with van der Waals surface area (Å²) < 4.78 is 37.7.